The van der Waals surface area contributed by atoms with E-state index in [1.54, 1.807) is 4.90 Å². The summed E-state index contributed by atoms with van der Waals surface area (Å²) >= 11 is 0. The third-order valence-electron chi connectivity index (χ3n) is 4.37. The lowest BCUT2D eigenvalue weighted by Gasteiger charge is -2.24. The van der Waals surface area contributed by atoms with Crippen LogP contribution in [0.25, 0.3) is 0 Å². The quantitative estimate of drug-likeness (QED) is 0.196. The van der Waals surface area contributed by atoms with Crippen LogP contribution < -0.4 is 10.6 Å². The van der Waals surface area contributed by atoms with Crippen molar-refractivity contribution in [3.63, 3.8) is 0 Å². The Balaban J connectivity index is 0.000000314. The molecule has 0 saturated carbocycles. The molecule has 154 valence electrons. The second-order valence-electron chi connectivity index (χ2n) is 6.35. The fraction of sp³-hybridized carbons (Fsp3) is 0.786. The van der Waals surface area contributed by atoms with Crippen LogP contribution in [0.15, 0.2) is 0 Å². The Morgan fingerprint density at radius 2 is 1.70 bits per heavy atom. The average molecular weight is 391 g/mol. The van der Waals surface area contributed by atoms with Crippen LogP contribution in [0.4, 0.5) is 0 Å². The maximum atomic E-state index is 11.9. The molecule has 0 bridgehead atoms. The molecule has 2 saturated heterocycles. The first-order chi connectivity index (χ1) is 12.6. The molecule has 1 amide bonds. The first kappa shape index (κ1) is 23.3. The third-order valence-corrected chi connectivity index (χ3v) is 4.37. The first-order valence-electron chi connectivity index (χ1n) is 8.56. The van der Waals surface area contributed by atoms with E-state index in [-0.39, 0.29) is 12.5 Å². The number of hydrogen-bond acceptors (Lipinski definition) is 9. The van der Waals surface area contributed by atoms with Crippen LogP contribution in [0.5, 0.6) is 0 Å². The number of hydrogen-bond donors (Lipinski definition) is 8. The van der Waals surface area contributed by atoms with Crippen LogP contribution in [-0.2, 0) is 14.4 Å². The van der Waals surface area contributed by atoms with E-state index >= 15 is 0 Å². The Morgan fingerprint density at radius 1 is 1.11 bits per heavy atom. The molecule has 13 heteroatoms. The van der Waals surface area contributed by atoms with Crippen LogP contribution in [0.3, 0.4) is 0 Å². The van der Waals surface area contributed by atoms with Gasteiger partial charge in [-0.15, -0.1) is 0 Å². The molecule has 2 aliphatic heterocycles. The molecule has 0 aromatic heterocycles. The predicted molar refractivity (Wildman–Crippen MR) is 91.5 cm³/mol. The van der Waals surface area contributed by atoms with E-state index in [9.17, 15) is 24.4 Å². The summed E-state index contributed by atoms with van der Waals surface area (Å²) in [7, 11) is -1.42. The van der Waals surface area contributed by atoms with Crippen molar-refractivity contribution in [3.8, 4) is 0 Å². The summed E-state index contributed by atoms with van der Waals surface area (Å²) in [5, 5.41) is 57.3. The molecule has 27 heavy (non-hydrogen) atoms. The van der Waals surface area contributed by atoms with Crippen LogP contribution in [0, 0.1) is 0 Å². The number of rotatable bonds is 7. The summed E-state index contributed by atoms with van der Waals surface area (Å²) in [6.07, 6.45) is -1.97. The van der Waals surface area contributed by atoms with Gasteiger partial charge in [0, 0.05) is 19.1 Å². The highest BCUT2D eigenvalue weighted by atomic mass is 16.4. The Morgan fingerprint density at radius 3 is 2.15 bits per heavy atom. The number of amides is 1. The van der Waals surface area contributed by atoms with Crippen molar-refractivity contribution >= 4 is 25.0 Å². The summed E-state index contributed by atoms with van der Waals surface area (Å²) < 4.78 is 0. The number of nitrogens with zero attached hydrogens (tertiary/aromatic N) is 1. The van der Waals surface area contributed by atoms with Crippen molar-refractivity contribution in [1.82, 2.24) is 15.5 Å². The molecule has 0 aromatic rings. The van der Waals surface area contributed by atoms with Gasteiger partial charge >= 0.3 is 19.1 Å². The van der Waals surface area contributed by atoms with Gasteiger partial charge in [0.1, 0.15) is 0 Å². The number of carboxylic acids is 2. The van der Waals surface area contributed by atoms with Gasteiger partial charge in [0.25, 0.3) is 0 Å². The Bertz CT molecular complexity index is 498. The molecule has 2 fully saturated rings. The fourth-order valence-electron chi connectivity index (χ4n) is 2.84. The smallest absolute Gasteiger partial charge is 0.475 e. The standard InChI is InChI=1S/C10H20BN3O3.C4H6O6/c15-10(7-13-8-3-4-12-6-8)14-5-1-2-9(14)11(16)17;5-1(3(7)8)2(6)4(9)10/h8-9,12-13,16-17H,1-7H2;1-2,5-6H,(H,7,8)(H,9,10)/t8-,9?;/m1./s1. The lowest BCUT2D eigenvalue weighted by molar-refractivity contribution is -0.165. The normalized spacial score (nSPS) is 23.9. The van der Waals surface area contributed by atoms with Crippen molar-refractivity contribution in [2.45, 2.75) is 43.5 Å². The number of aliphatic hydroxyl groups excluding tert-OH is 2. The van der Waals surface area contributed by atoms with Crippen molar-refractivity contribution in [2.24, 2.45) is 0 Å². The molecular formula is C14H26BN3O9. The van der Waals surface area contributed by atoms with Gasteiger partial charge in [0.15, 0.2) is 12.2 Å². The van der Waals surface area contributed by atoms with Gasteiger partial charge in [0.05, 0.1) is 12.5 Å². The Labute approximate surface area is 155 Å². The van der Waals surface area contributed by atoms with Gasteiger partial charge in [-0.05, 0) is 25.8 Å². The highest BCUT2D eigenvalue weighted by Crippen LogP contribution is 2.17. The Kier molecular flexibility index (Phi) is 9.62. The fourth-order valence-corrected chi connectivity index (χ4v) is 2.84. The van der Waals surface area contributed by atoms with Gasteiger partial charge in [-0.25, -0.2) is 9.59 Å². The van der Waals surface area contributed by atoms with Crippen molar-refractivity contribution in [1.29, 1.82) is 0 Å². The van der Waals surface area contributed by atoms with Gasteiger partial charge in [-0.2, -0.15) is 0 Å². The number of aliphatic carboxylic acids is 2. The van der Waals surface area contributed by atoms with E-state index in [1.165, 1.54) is 0 Å². The maximum absolute atomic E-state index is 11.9. The lowest BCUT2D eigenvalue weighted by Crippen LogP contribution is -2.49. The molecule has 0 spiro atoms. The molecule has 2 heterocycles. The van der Waals surface area contributed by atoms with Gasteiger partial charge in [-0.1, -0.05) is 0 Å². The summed E-state index contributed by atoms with van der Waals surface area (Å²) in [6.45, 7) is 2.81. The number of aliphatic hydroxyl groups is 2. The highest BCUT2D eigenvalue weighted by molar-refractivity contribution is 6.43. The van der Waals surface area contributed by atoms with Crippen molar-refractivity contribution < 1.29 is 44.9 Å². The van der Waals surface area contributed by atoms with E-state index < -0.39 is 37.2 Å². The maximum Gasteiger partial charge on any atom is 0.475 e. The van der Waals surface area contributed by atoms with Crippen LogP contribution in [0.1, 0.15) is 19.3 Å². The minimum Gasteiger partial charge on any atom is -0.479 e. The number of carbonyl (C=O) groups is 3. The van der Waals surface area contributed by atoms with E-state index in [0.29, 0.717) is 19.0 Å². The molecule has 0 aliphatic carbocycles. The zero-order chi connectivity index (χ0) is 20.6. The van der Waals surface area contributed by atoms with Crippen molar-refractivity contribution in [2.75, 3.05) is 26.2 Å². The van der Waals surface area contributed by atoms with Gasteiger partial charge in [0.2, 0.25) is 5.91 Å². The highest BCUT2D eigenvalue weighted by Gasteiger charge is 2.36. The van der Waals surface area contributed by atoms with Gasteiger partial charge in [-0.3, -0.25) is 4.79 Å². The molecule has 12 nitrogen and oxygen atoms in total. The summed E-state index contributed by atoms with van der Waals surface area (Å²) in [5.74, 6) is -4.00. The number of carboxylic acid groups (broad SMARTS) is 2. The number of nitrogens with one attached hydrogen (secondary N) is 2. The minimum absolute atomic E-state index is 0.0347. The monoisotopic (exact) mass is 391 g/mol. The Hall–Kier alpha value is -1.77. The topological polar surface area (TPSA) is 200 Å². The van der Waals surface area contributed by atoms with Crippen LogP contribution >= 0.6 is 0 Å². The molecule has 2 aliphatic rings. The largest absolute Gasteiger partial charge is 0.479 e. The summed E-state index contributed by atoms with van der Waals surface area (Å²) in [4.78, 5) is 33.1. The summed E-state index contributed by atoms with van der Waals surface area (Å²) in [5.41, 5.74) is 0. The molecule has 4 atom stereocenters. The second kappa shape index (κ2) is 11.2. The van der Waals surface area contributed by atoms with E-state index in [2.05, 4.69) is 10.6 Å². The van der Waals surface area contributed by atoms with E-state index in [4.69, 9.17) is 20.4 Å². The van der Waals surface area contributed by atoms with E-state index in [1.807, 2.05) is 0 Å². The van der Waals surface area contributed by atoms with Crippen LogP contribution in [0.2, 0.25) is 0 Å². The molecule has 2 rings (SSSR count). The molecule has 8 N–H and O–H groups in total. The molecular weight excluding hydrogens is 365 g/mol. The zero-order valence-corrected chi connectivity index (χ0v) is 14.7. The molecule has 0 aromatic carbocycles. The van der Waals surface area contributed by atoms with Crippen molar-refractivity contribution in [3.05, 3.63) is 0 Å². The SMILES string of the molecule is O=C(CN[C@@H]1CCNC1)N1CCCC1B(O)O.O=C(O)C(O)C(O)C(=O)O. The predicted octanol–water partition coefficient (Wildman–Crippen LogP) is -4.18. The number of likely N-dealkylation sites (tertiary alicyclic amines) is 1. The molecule has 0 radical (unpaired) electrons. The second-order valence-corrected chi connectivity index (χ2v) is 6.35. The third kappa shape index (κ3) is 7.40. The lowest BCUT2D eigenvalue weighted by atomic mass is 9.78. The van der Waals surface area contributed by atoms with Crippen LogP contribution in [-0.4, -0.2) is 111 Å². The van der Waals surface area contributed by atoms with Gasteiger partial charge < -0.3 is 46.0 Å². The summed E-state index contributed by atoms with van der Waals surface area (Å²) in [6, 6.07) is 0.360. The first-order valence-corrected chi connectivity index (χ1v) is 8.56. The zero-order valence-electron chi connectivity index (χ0n) is 14.7. The van der Waals surface area contributed by atoms with E-state index in [0.717, 1.165) is 25.9 Å². The minimum atomic E-state index is -2.27. The number of carbonyl (C=O) groups excluding carboxylic acids is 1. The molecule has 3 unspecified atom stereocenters. The average Bonchev–Trinajstić information content (AvgIpc) is 3.29.